The fourth-order valence-electron chi connectivity index (χ4n) is 3.21. The number of aromatic nitrogens is 2. The number of nitrogens with two attached hydrogens (primary N) is 1. The summed E-state index contributed by atoms with van der Waals surface area (Å²) in [6, 6.07) is 0. The molecule has 1 heterocycles. The van der Waals surface area contributed by atoms with Crippen molar-refractivity contribution in [3.8, 4) is 0 Å². The van der Waals surface area contributed by atoms with Crippen LogP contribution >= 0.6 is 0 Å². The van der Waals surface area contributed by atoms with E-state index in [1.807, 2.05) is 6.92 Å². The molecule has 0 aliphatic heterocycles. The van der Waals surface area contributed by atoms with Crippen LogP contribution in [0.4, 0.5) is 0 Å². The second kappa shape index (κ2) is 7.36. The monoisotopic (exact) mass is 295 g/mol. The van der Waals surface area contributed by atoms with Gasteiger partial charge in [-0.3, -0.25) is 0 Å². The van der Waals surface area contributed by atoms with Gasteiger partial charge in [0, 0.05) is 13.0 Å². The first-order chi connectivity index (χ1) is 10.1. The maximum atomic E-state index is 6.08. The zero-order chi connectivity index (χ0) is 15.3. The molecule has 1 aromatic rings. The number of hydrogen-bond acceptors (Lipinski definition) is 5. The topological polar surface area (TPSA) is 74.2 Å². The van der Waals surface area contributed by atoms with Crippen LogP contribution in [-0.4, -0.2) is 23.3 Å². The molecular weight excluding hydrogens is 266 g/mol. The third-order valence-electron chi connectivity index (χ3n) is 4.51. The summed E-state index contributed by atoms with van der Waals surface area (Å²) in [5, 5.41) is 4.23. The van der Waals surface area contributed by atoms with Crippen LogP contribution < -0.4 is 5.73 Å². The lowest BCUT2D eigenvalue weighted by Gasteiger charge is -2.37. The highest BCUT2D eigenvalue weighted by atomic mass is 16.5. The van der Waals surface area contributed by atoms with E-state index in [0.717, 1.165) is 37.9 Å². The van der Waals surface area contributed by atoms with Gasteiger partial charge in [-0.2, -0.15) is 4.98 Å². The lowest BCUT2D eigenvalue weighted by Crippen LogP contribution is -2.36. The Labute approximate surface area is 127 Å². The largest absolute Gasteiger partial charge is 0.367 e. The lowest BCUT2D eigenvalue weighted by molar-refractivity contribution is -0.0891. The summed E-state index contributed by atoms with van der Waals surface area (Å²) in [6.45, 7) is 7.83. The number of rotatable bonds is 7. The Balaban J connectivity index is 2.08. The third-order valence-corrected chi connectivity index (χ3v) is 4.51. The molecule has 1 fully saturated rings. The lowest BCUT2D eigenvalue weighted by atomic mass is 9.78. The van der Waals surface area contributed by atoms with Gasteiger partial charge in [-0.15, -0.1) is 0 Å². The first-order valence-corrected chi connectivity index (χ1v) is 8.26. The molecule has 2 rings (SSSR count). The van der Waals surface area contributed by atoms with Crippen molar-refractivity contribution in [1.82, 2.24) is 10.1 Å². The van der Waals surface area contributed by atoms with Crippen LogP contribution in [0, 0.1) is 11.8 Å². The fourth-order valence-corrected chi connectivity index (χ4v) is 3.21. The average Bonchev–Trinajstić information content (AvgIpc) is 2.94. The maximum absolute atomic E-state index is 6.08. The fraction of sp³-hybridized carbons (Fsp3) is 0.875. The van der Waals surface area contributed by atoms with Gasteiger partial charge in [-0.05, 0) is 51.0 Å². The Bertz CT molecular complexity index is 431. The van der Waals surface area contributed by atoms with Gasteiger partial charge in [-0.25, -0.2) is 0 Å². The number of hydrogen-bond donors (Lipinski definition) is 1. The molecule has 1 saturated carbocycles. The molecule has 3 atom stereocenters. The van der Waals surface area contributed by atoms with E-state index in [2.05, 4.69) is 24.0 Å². The van der Waals surface area contributed by atoms with E-state index in [9.17, 15) is 0 Å². The minimum atomic E-state index is -0.340. The molecule has 21 heavy (non-hydrogen) atoms. The zero-order valence-corrected chi connectivity index (χ0v) is 13.6. The molecule has 1 aliphatic carbocycles. The van der Waals surface area contributed by atoms with E-state index in [4.69, 9.17) is 15.0 Å². The van der Waals surface area contributed by atoms with Crippen molar-refractivity contribution >= 4 is 0 Å². The van der Waals surface area contributed by atoms with Crippen LogP contribution in [-0.2, 0) is 16.8 Å². The van der Waals surface area contributed by atoms with E-state index in [-0.39, 0.29) is 5.60 Å². The van der Waals surface area contributed by atoms with Crippen molar-refractivity contribution in [3.05, 3.63) is 11.7 Å². The van der Waals surface area contributed by atoms with Crippen molar-refractivity contribution in [2.45, 2.75) is 64.9 Å². The SMILES string of the molecule is CCOC1(c2noc(CCC(C)CN)n2)CCCC(C)C1. The van der Waals surface area contributed by atoms with Crippen molar-refractivity contribution in [3.63, 3.8) is 0 Å². The molecule has 2 N–H and O–H groups in total. The van der Waals surface area contributed by atoms with E-state index in [1.54, 1.807) is 0 Å². The first kappa shape index (κ1) is 16.4. The van der Waals surface area contributed by atoms with Gasteiger partial charge in [0.05, 0.1) is 0 Å². The van der Waals surface area contributed by atoms with Crippen LogP contribution in [0.25, 0.3) is 0 Å². The van der Waals surface area contributed by atoms with Crippen molar-refractivity contribution in [2.24, 2.45) is 17.6 Å². The molecule has 0 amide bonds. The Morgan fingerprint density at radius 2 is 2.33 bits per heavy atom. The molecule has 0 saturated heterocycles. The Morgan fingerprint density at radius 3 is 3.00 bits per heavy atom. The van der Waals surface area contributed by atoms with Gasteiger partial charge in [-0.1, -0.05) is 25.4 Å². The van der Waals surface area contributed by atoms with Gasteiger partial charge in [0.15, 0.2) is 0 Å². The summed E-state index contributed by atoms with van der Waals surface area (Å²) in [6.07, 6.45) is 6.17. The Morgan fingerprint density at radius 1 is 1.52 bits per heavy atom. The van der Waals surface area contributed by atoms with Crippen LogP contribution in [0.2, 0.25) is 0 Å². The predicted molar refractivity (Wildman–Crippen MR) is 81.8 cm³/mol. The zero-order valence-electron chi connectivity index (χ0n) is 13.6. The first-order valence-electron chi connectivity index (χ1n) is 8.26. The smallest absolute Gasteiger partial charge is 0.226 e. The predicted octanol–water partition coefficient (Wildman–Crippen LogP) is 3.04. The molecule has 0 radical (unpaired) electrons. The van der Waals surface area contributed by atoms with Gasteiger partial charge >= 0.3 is 0 Å². The van der Waals surface area contributed by atoms with Gasteiger partial charge in [0.2, 0.25) is 11.7 Å². The molecule has 1 aliphatic rings. The molecule has 0 bridgehead atoms. The van der Waals surface area contributed by atoms with Crippen LogP contribution in [0.3, 0.4) is 0 Å². The molecule has 120 valence electrons. The minimum absolute atomic E-state index is 0.340. The van der Waals surface area contributed by atoms with Crippen molar-refractivity contribution < 1.29 is 9.26 Å². The highest BCUT2D eigenvalue weighted by Gasteiger charge is 2.41. The number of ether oxygens (including phenoxy) is 1. The van der Waals surface area contributed by atoms with Crippen LogP contribution in [0.1, 0.15) is 64.6 Å². The molecule has 5 nitrogen and oxygen atoms in total. The Hall–Kier alpha value is -0.940. The van der Waals surface area contributed by atoms with E-state index < -0.39 is 0 Å². The summed E-state index contributed by atoms with van der Waals surface area (Å²) < 4.78 is 11.5. The van der Waals surface area contributed by atoms with Gasteiger partial charge in [0.25, 0.3) is 0 Å². The third kappa shape index (κ3) is 4.04. The van der Waals surface area contributed by atoms with Crippen LogP contribution in [0.15, 0.2) is 4.52 Å². The molecular formula is C16H29N3O2. The summed E-state index contributed by atoms with van der Waals surface area (Å²) in [5.41, 5.74) is 5.31. The average molecular weight is 295 g/mol. The quantitative estimate of drug-likeness (QED) is 0.837. The molecule has 3 unspecified atom stereocenters. The molecule has 0 spiro atoms. The van der Waals surface area contributed by atoms with Crippen LogP contribution in [0.5, 0.6) is 0 Å². The maximum Gasteiger partial charge on any atom is 0.226 e. The standard InChI is InChI=1S/C16H29N3O2/c1-4-20-16(9-5-6-12(2)10-16)15-18-14(21-19-15)8-7-13(3)11-17/h12-13H,4-11,17H2,1-3H3. The molecule has 1 aromatic heterocycles. The molecule has 5 heteroatoms. The highest BCUT2D eigenvalue weighted by Crippen LogP contribution is 2.41. The van der Waals surface area contributed by atoms with Gasteiger partial charge in [0.1, 0.15) is 5.60 Å². The normalized spacial score (nSPS) is 27.7. The van der Waals surface area contributed by atoms with E-state index in [1.165, 1.54) is 6.42 Å². The number of nitrogens with zero attached hydrogens (tertiary/aromatic N) is 2. The van der Waals surface area contributed by atoms with E-state index >= 15 is 0 Å². The summed E-state index contributed by atoms with van der Waals surface area (Å²) in [4.78, 5) is 4.62. The summed E-state index contributed by atoms with van der Waals surface area (Å²) in [7, 11) is 0. The summed E-state index contributed by atoms with van der Waals surface area (Å²) in [5.74, 6) is 2.58. The summed E-state index contributed by atoms with van der Waals surface area (Å²) >= 11 is 0. The molecule has 0 aromatic carbocycles. The number of aryl methyl sites for hydroxylation is 1. The van der Waals surface area contributed by atoms with E-state index in [0.29, 0.717) is 30.9 Å². The van der Waals surface area contributed by atoms with Crippen molar-refractivity contribution in [1.29, 1.82) is 0 Å². The minimum Gasteiger partial charge on any atom is -0.367 e. The second-order valence-corrected chi connectivity index (χ2v) is 6.52. The second-order valence-electron chi connectivity index (χ2n) is 6.52. The Kier molecular flexibility index (Phi) is 5.76. The van der Waals surface area contributed by atoms with Gasteiger partial charge < -0.3 is 15.0 Å². The van der Waals surface area contributed by atoms with Crippen molar-refractivity contribution in [2.75, 3.05) is 13.2 Å². The highest BCUT2D eigenvalue weighted by molar-refractivity contribution is 5.04.